The summed E-state index contributed by atoms with van der Waals surface area (Å²) in [6.07, 6.45) is 7.08. The van der Waals surface area contributed by atoms with Crippen LogP contribution >= 0.6 is 0 Å². The molecule has 0 amide bonds. The highest BCUT2D eigenvalue weighted by Crippen LogP contribution is 2.34. The normalized spacial score (nSPS) is 12.5. The molecule has 134 valence electrons. The van der Waals surface area contributed by atoms with Gasteiger partial charge < -0.3 is 10.1 Å². The lowest BCUT2D eigenvalue weighted by Gasteiger charge is -2.13. The van der Waals surface area contributed by atoms with Gasteiger partial charge in [-0.15, -0.1) is 11.5 Å². The molecule has 3 rings (SSSR count). The van der Waals surface area contributed by atoms with Crippen molar-refractivity contribution in [3.63, 3.8) is 0 Å². The summed E-state index contributed by atoms with van der Waals surface area (Å²) in [7, 11) is 1.44. The Morgan fingerprint density at radius 2 is 2.12 bits per heavy atom. The summed E-state index contributed by atoms with van der Waals surface area (Å²) in [5.74, 6) is 0.804. The zero-order chi connectivity index (χ0) is 18.7. The molecule has 0 unspecified atom stereocenters. The van der Waals surface area contributed by atoms with Gasteiger partial charge in [-0.05, 0) is 36.1 Å². The van der Waals surface area contributed by atoms with Crippen LogP contribution in [0.4, 0.5) is 8.78 Å². The number of benzene rings is 1. The minimum atomic E-state index is -0.977. The molecule has 1 fully saturated rings. The molecule has 5 nitrogen and oxygen atoms in total. The molecular formula is C19H17F2N3O2. The van der Waals surface area contributed by atoms with Gasteiger partial charge in [0, 0.05) is 11.8 Å². The van der Waals surface area contributed by atoms with E-state index < -0.39 is 11.6 Å². The van der Waals surface area contributed by atoms with Gasteiger partial charge >= 0.3 is 0 Å². The molecule has 1 N–H and O–H groups in total. The van der Waals surface area contributed by atoms with Crippen molar-refractivity contribution in [1.29, 1.82) is 0 Å². The number of nitrogens with one attached hydrogen (secondary N) is 1. The topological polar surface area (TPSA) is 56.1 Å². The monoisotopic (exact) mass is 357 g/mol. The summed E-state index contributed by atoms with van der Waals surface area (Å²) in [5, 5.41) is 7.20. The van der Waals surface area contributed by atoms with Crippen LogP contribution in [-0.4, -0.2) is 23.4 Å². The third-order valence-electron chi connectivity index (χ3n) is 3.97. The lowest BCUT2D eigenvalue weighted by atomic mass is 10.1. The number of nitrogens with zero attached hydrogens (tertiary/aromatic N) is 2. The van der Waals surface area contributed by atoms with E-state index in [2.05, 4.69) is 16.3 Å². The maximum absolute atomic E-state index is 13.4. The Hall–Kier alpha value is -3.14. The largest absolute Gasteiger partial charge is 0.480 e. The Balaban J connectivity index is 2.03. The van der Waals surface area contributed by atoms with Gasteiger partial charge in [0.05, 0.1) is 25.8 Å². The van der Waals surface area contributed by atoms with Crippen LogP contribution in [-0.2, 0) is 6.54 Å². The summed E-state index contributed by atoms with van der Waals surface area (Å²) in [4.78, 5) is 12.9. The van der Waals surface area contributed by atoms with Crippen LogP contribution in [0.3, 0.4) is 0 Å². The maximum Gasteiger partial charge on any atom is 0.276 e. The third kappa shape index (κ3) is 3.75. The molecule has 0 aliphatic heterocycles. The zero-order valence-electron chi connectivity index (χ0n) is 14.2. The average Bonchev–Trinajstić information content (AvgIpc) is 3.46. The Bertz CT molecular complexity index is 968. The van der Waals surface area contributed by atoms with Crippen molar-refractivity contribution in [1.82, 2.24) is 15.1 Å². The number of rotatable bonds is 6. The van der Waals surface area contributed by atoms with Crippen LogP contribution in [0.25, 0.3) is 5.70 Å². The molecule has 0 saturated heterocycles. The predicted octanol–water partition coefficient (Wildman–Crippen LogP) is 2.31. The summed E-state index contributed by atoms with van der Waals surface area (Å²) < 4.78 is 32.9. The van der Waals surface area contributed by atoms with Crippen molar-refractivity contribution in [2.24, 2.45) is 0 Å². The second-order valence-electron chi connectivity index (χ2n) is 5.85. The van der Waals surface area contributed by atoms with E-state index in [0.717, 1.165) is 30.5 Å². The van der Waals surface area contributed by atoms with Gasteiger partial charge in [-0.2, -0.15) is 0 Å². The average molecular weight is 357 g/mol. The SMILES string of the molecule is C#CCNC(=C1CC1)c1cc(OC)nn(Cc2ccc(F)c(F)c2)c1=O. The van der Waals surface area contributed by atoms with Gasteiger partial charge in [0.15, 0.2) is 11.6 Å². The number of terminal acetylenes is 1. The summed E-state index contributed by atoms with van der Waals surface area (Å²) in [6.45, 7) is 0.268. The van der Waals surface area contributed by atoms with Crippen LogP contribution in [0.1, 0.15) is 24.0 Å². The molecule has 1 aromatic heterocycles. The summed E-state index contributed by atoms with van der Waals surface area (Å²) in [6, 6.07) is 5.01. The molecule has 0 bridgehead atoms. The smallest absolute Gasteiger partial charge is 0.276 e. The van der Waals surface area contributed by atoms with Crippen molar-refractivity contribution < 1.29 is 13.5 Å². The van der Waals surface area contributed by atoms with E-state index >= 15 is 0 Å². The minimum Gasteiger partial charge on any atom is -0.480 e. The number of methoxy groups -OCH3 is 1. The maximum atomic E-state index is 13.4. The Labute approximate surface area is 149 Å². The van der Waals surface area contributed by atoms with Crippen molar-refractivity contribution in [2.75, 3.05) is 13.7 Å². The Morgan fingerprint density at radius 1 is 1.35 bits per heavy atom. The fraction of sp³-hybridized carbons (Fsp3) is 0.263. The molecule has 0 radical (unpaired) electrons. The van der Waals surface area contributed by atoms with Gasteiger partial charge in [-0.25, -0.2) is 13.5 Å². The molecule has 1 saturated carbocycles. The van der Waals surface area contributed by atoms with E-state index in [0.29, 0.717) is 16.8 Å². The van der Waals surface area contributed by atoms with E-state index in [1.54, 1.807) is 6.07 Å². The highest BCUT2D eigenvalue weighted by Gasteiger charge is 2.22. The molecule has 1 aliphatic carbocycles. The van der Waals surface area contributed by atoms with Crippen LogP contribution in [0.5, 0.6) is 5.88 Å². The van der Waals surface area contributed by atoms with Gasteiger partial charge in [0.25, 0.3) is 5.56 Å². The molecule has 1 aromatic carbocycles. The molecular weight excluding hydrogens is 340 g/mol. The lowest BCUT2D eigenvalue weighted by Crippen LogP contribution is -2.29. The first kappa shape index (κ1) is 17.7. The van der Waals surface area contributed by atoms with Crippen molar-refractivity contribution in [3.8, 4) is 18.2 Å². The number of hydrogen-bond acceptors (Lipinski definition) is 4. The van der Waals surface area contributed by atoms with Crippen molar-refractivity contribution in [3.05, 3.63) is 63.0 Å². The fourth-order valence-corrected chi connectivity index (χ4v) is 2.58. The lowest BCUT2D eigenvalue weighted by molar-refractivity contribution is 0.378. The molecule has 0 atom stereocenters. The zero-order valence-corrected chi connectivity index (χ0v) is 14.2. The van der Waals surface area contributed by atoms with Crippen molar-refractivity contribution in [2.45, 2.75) is 19.4 Å². The third-order valence-corrected chi connectivity index (χ3v) is 3.97. The first-order chi connectivity index (χ1) is 12.5. The van der Waals surface area contributed by atoms with Crippen LogP contribution in [0, 0.1) is 24.0 Å². The number of halogens is 2. The number of ether oxygens (including phenoxy) is 1. The van der Waals surface area contributed by atoms with Gasteiger partial charge in [0.2, 0.25) is 5.88 Å². The van der Waals surface area contributed by atoms with E-state index in [-0.39, 0.29) is 24.5 Å². The fourth-order valence-electron chi connectivity index (χ4n) is 2.58. The first-order valence-corrected chi connectivity index (χ1v) is 8.03. The summed E-state index contributed by atoms with van der Waals surface area (Å²) in [5.41, 5.74) is 2.23. The Morgan fingerprint density at radius 3 is 2.73 bits per heavy atom. The highest BCUT2D eigenvalue weighted by atomic mass is 19.2. The highest BCUT2D eigenvalue weighted by molar-refractivity contribution is 5.70. The van der Waals surface area contributed by atoms with E-state index in [1.807, 2.05) is 0 Å². The first-order valence-electron chi connectivity index (χ1n) is 8.03. The number of aromatic nitrogens is 2. The van der Waals surface area contributed by atoms with E-state index in [4.69, 9.17) is 11.2 Å². The van der Waals surface area contributed by atoms with Crippen LogP contribution in [0.2, 0.25) is 0 Å². The van der Waals surface area contributed by atoms with E-state index in [1.165, 1.54) is 17.9 Å². The molecule has 0 spiro atoms. The molecule has 1 aliphatic rings. The number of allylic oxidation sites excluding steroid dienone is 1. The van der Waals surface area contributed by atoms with Gasteiger partial charge in [0.1, 0.15) is 0 Å². The van der Waals surface area contributed by atoms with E-state index in [9.17, 15) is 13.6 Å². The van der Waals surface area contributed by atoms with Crippen LogP contribution < -0.4 is 15.6 Å². The second kappa shape index (κ2) is 7.40. The van der Waals surface area contributed by atoms with Crippen LogP contribution in [0.15, 0.2) is 34.6 Å². The molecule has 2 aromatic rings. The van der Waals surface area contributed by atoms with Gasteiger partial charge in [-0.1, -0.05) is 12.0 Å². The predicted molar refractivity (Wildman–Crippen MR) is 93.5 cm³/mol. The Kier molecular flexibility index (Phi) is 5.03. The minimum absolute atomic E-state index is 0.0159. The standard InChI is InChI=1S/C19H17F2N3O2/c1-3-8-22-18(13-5-6-13)14-10-17(26-2)23-24(19(14)25)11-12-4-7-15(20)16(21)9-12/h1,4,7,9-10,22H,5-6,8,11H2,2H3. The molecule has 26 heavy (non-hydrogen) atoms. The van der Waals surface area contributed by atoms with Gasteiger partial charge in [-0.3, -0.25) is 4.79 Å². The number of hydrogen-bond donors (Lipinski definition) is 1. The quantitative estimate of drug-likeness (QED) is 0.806. The van der Waals surface area contributed by atoms with Crippen molar-refractivity contribution >= 4 is 5.70 Å². The summed E-state index contributed by atoms with van der Waals surface area (Å²) >= 11 is 0. The molecule has 7 heteroatoms. The molecule has 1 heterocycles. The second-order valence-corrected chi connectivity index (χ2v) is 5.85.